The second-order valence-corrected chi connectivity index (χ2v) is 6.65. The van der Waals surface area contributed by atoms with Gasteiger partial charge in [0.05, 0.1) is 16.0 Å². The molecule has 118 valence electrons. The predicted molar refractivity (Wildman–Crippen MR) is 90.0 cm³/mol. The number of nitrogen functional groups attached to an aromatic ring is 1. The largest absolute Gasteiger partial charge is 0.336 e. The normalized spacial score (nSPS) is 12.2. The molecule has 0 spiro atoms. The summed E-state index contributed by atoms with van der Waals surface area (Å²) in [6.45, 7) is 3.68. The van der Waals surface area contributed by atoms with E-state index in [1.165, 1.54) is 16.4 Å². The second-order valence-electron chi connectivity index (χ2n) is 4.50. The molecule has 0 aliphatic rings. The fourth-order valence-corrected chi connectivity index (χ4v) is 2.79. The van der Waals surface area contributed by atoms with Crippen molar-refractivity contribution in [3.05, 3.63) is 34.1 Å². The molecule has 9 heteroatoms. The Bertz CT molecular complexity index is 691. The van der Waals surface area contributed by atoms with Crippen LogP contribution in [0.15, 0.2) is 23.4 Å². The lowest BCUT2D eigenvalue weighted by Gasteiger charge is -2.12. The third-order valence-corrected chi connectivity index (χ3v) is 4.51. The number of carbonyl (C=O) groups excluding carboxylic acids is 1. The number of rotatable bonds is 5. The van der Waals surface area contributed by atoms with Gasteiger partial charge in [-0.05, 0) is 25.1 Å². The third-order valence-electron chi connectivity index (χ3n) is 2.89. The van der Waals surface area contributed by atoms with Crippen LogP contribution in [-0.4, -0.2) is 26.0 Å². The monoisotopic (exact) mass is 359 g/mol. The average molecular weight is 360 g/mol. The number of nitrogens with two attached hydrogens (primary N) is 1. The average Bonchev–Trinajstić information content (AvgIpc) is 2.83. The molecular weight excluding hydrogens is 345 g/mol. The Morgan fingerprint density at radius 2 is 2.18 bits per heavy atom. The van der Waals surface area contributed by atoms with Crippen LogP contribution >= 0.6 is 35.0 Å². The standard InChI is InChI=1S/C13H15Cl2N5OS/c1-3-11-18-19-13(20(11)16)22-7(2)12(21)17-10-6-8(14)4-5-9(10)15/h4-7H,3,16H2,1-2H3,(H,17,21)/t7-/m0/s1. The Morgan fingerprint density at radius 3 is 2.82 bits per heavy atom. The number of thioether (sulfide) groups is 1. The van der Waals surface area contributed by atoms with Crippen LogP contribution in [0.2, 0.25) is 10.0 Å². The van der Waals surface area contributed by atoms with Gasteiger partial charge in [-0.3, -0.25) is 4.79 Å². The molecule has 22 heavy (non-hydrogen) atoms. The summed E-state index contributed by atoms with van der Waals surface area (Å²) in [6.07, 6.45) is 0.669. The number of benzene rings is 1. The molecule has 0 unspecified atom stereocenters. The van der Waals surface area contributed by atoms with Gasteiger partial charge in [-0.1, -0.05) is 41.9 Å². The molecule has 2 aromatic rings. The number of anilines is 1. The van der Waals surface area contributed by atoms with Gasteiger partial charge in [-0.15, -0.1) is 10.2 Å². The second kappa shape index (κ2) is 7.21. The highest BCUT2D eigenvalue weighted by atomic mass is 35.5. The van der Waals surface area contributed by atoms with E-state index in [1.807, 2.05) is 6.92 Å². The number of aryl methyl sites for hydroxylation is 1. The maximum absolute atomic E-state index is 12.2. The van der Waals surface area contributed by atoms with E-state index < -0.39 is 5.25 Å². The van der Waals surface area contributed by atoms with E-state index in [2.05, 4.69) is 15.5 Å². The first kappa shape index (κ1) is 16.9. The minimum atomic E-state index is -0.425. The molecule has 0 fully saturated rings. The van der Waals surface area contributed by atoms with Crippen LogP contribution in [0.25, 0.3) is 0 Å². The number of carbonyl (C=O) groups is 1. The molecule has 0 aliphatic carbocycles. The van der Waals surface area contributed by atoms with Crippen molar-refractivity contribution < 1.29 is 4.79 Å². The van der Waals surface area contributed by atoms with Crippen molar-refractivity contribution in [2.75, 3.05) is 11.2 Å². The van der Waals surface area contributed by atoms with Crippen LogP contribution in [0.4, 0.5) is 5.69 Å². The van der Waals surface area contributed by atoms with E-state index in [4.69, 9.17) is 29.0 Å². The quantitative estimate of drug-likeness (QED) is 0.632. The van der Waals surface area contributed by atoms with Crippen molar-refractivity contribution in [1.82, 2.24) is 14.9 Å². The topological polar surface area (TPSA) is 85.8 Å². The number of hydrogen-bond donors (Lipinski definition) is 2. The van der Waals surface area contributed by atoms with Crippen LogP contribution in [0, 0.1) is 0 Å². The molecule has 6 nitrogen and oxygen atoms in total. The molecule has 0 saturated heterocycles. The van der Waals surface area contributed by atoms with Gasteiger partial charge < -0.3 is 11.2 Å². The van der Waals surface area contributed by atoms with Crippen LogP contribution in [0.1, 0.15) is 19.7 Å². The number of nitrogens with zero attached hydrogens (tertiary/aromatic N) is 3. The summed E-state index contributed by atoms with van der Waals surface area (Å²) in [5.74, 6) is 6.29. The van der Waals surface area contributed by atoms with Crippen molar-refractivity contribution in [3.63, 3.8) is 0 Å². The van der Waals surface area contributed by atoms with Crippen molar-refractivity contribution in [1.29, 1.82) is 0 Å². The summed E-state index contributed by atoms with van der Waals surface area (Å²) in [5, 5.41) is 11.6. The van der Waals surface area contributed by atoms with Crippen LogP contribution in [0.5, 0.6) is 0 Å². The number of nitrogens with one attached hydrogen (secondary N) is 1. The number of hydrogen-bond acceptors (Lipinski definition) is 5. The van der Waals surface area contributed by atoms with Gasteiger partial charge in [-0.2, -0.15) is 0 Å². The maximum Gasteiger partial charge on any atom is 0.237 e. The van der Waals surface area contributed by atoms with Crippen molar-refractivity contribution in [2.45, 2.75) is 30.7 Å². The smallest absolute Gasteiger partial charge is 0.237 e. The van der Waals surface area contributed by atoms with Gasteiger partial charge >= 0.3 is 0 Å². The molecule has 1 amide bonds. The Morgan fingerprint density at radius 1 is 1.45 bits per heavy atom. The lowest BCUT2D eigenvalue weighted by molar-refractivity contribution is -0.115. The zero-order chi connectivity index (χ0) is 16.3. The van der Waals surface area contributed by atoms with Gasteiger partial charge in [0.15, 0.2) is 5.82 Å². The zero-order valence-electron chi connectivity index (χ0n) is 12.0. The van der Waals surface area contributed by atoms with E-state index in [0.717, 1.165) is 0 Å². The number of amides is 1. The first-order chi connectivity index (χ1) is 10.4. The Balaban J connectivity index is 2.06. The molecule has 1 aromatic heterocycles. The van der Waals surface area contributed by atoms with Gasteiger partial charge in [0.2, 0.25) is 11.1 Å². The van der Waals surface area contributed by atoms with E-state index in [9.17, 15) is 4.79 Å². The molecule has 2 rings (SSSR count). The van der Waals surface area contributed by atoms with E-state index >= 15 is 0 Å². The highest BCUT2D eigenvalue weighted by Gasteiger charge is 2.19. The Kier molecular flexibility index (Phi) is 5.55. The summed E-state index contributed by atoms with van der Waals surface area (Å²) in [6, 6.07) is 4.88. The molecule has 0 aliphatic heterocycles. The highest BCUT2D eigenvalue weighted by Crippen LogP contribution is 2.27. The van der Waals surface area contributed by atoms with Crippen molar-refractivity contribution in [3.8, 4) is 0 Å². The molecule has 0 saturated carbocycles. The van der Waals surface area contributed by atoms with Crippen molar-refractivity contribution in [2.24, 2.45) is 0 Å². The summed E-state index contributed by atoms with van der Waals surface area (Å²) >= 11 is 13.1. The molecule has 0 radical (unpaired) electrons. The molecule has 1 heterocycles. The number of halogens is 2. The Labute approximate surface area is 142 Å². The van der Waals surface area contributed by atoms with Crippen LogP contribution in [0.3, 0.4) is 0 Å². The van der Waals surface area contributed by atoms with E-state index in [1.54, 1.807) is 25.1 Å². The summed E-state index contributed by atoms with van der Waals surface area (Å²) in [5.41, 5.74) is 0.468. The molecule has 1 atom stereocenters. The minimum absolute atomic E-state index is 0.227. The maximum atomic E-state index is 12.2. The predicted octanol–water partition coefficient (Wildman–Crippen LogP) is 2.98. The Hall–Kier alpha value is -1.44. The lowest BCUT2D eigenvalue weighted by atomic mass is 10.3. The first-order valence-corrected chi connectivity index (χ1v) is 8.17. The number of aromatic nitrogens is 3. The summed E-state index contributed by atoms with van der Waals surface area (Å²) in [4.78, 5) is 12.2. The fraction of sp³-hybridized carbons (Fsp3) is 0.308. The third kappa shape index (κ3) is 3.85. The SMILES string of the molecule is CCc1nnc(S[C@@H](C)C(=O)Nc2cc(Cl)ccc2Cl)n1N. The van der Waals surface area contributed by atoms with Crippen LogP contribution in [-0.2, 0) is 11.2 Å². The fourth-order valence-electron chi connectivity index (χ4n) is 1.67. The van der Waals surface area contributed by atoms with Gasteiger partial charge in [0, 0.05) is 11.4 Å². The van der Waals surface area contributed by atoms with Gasteiger partial charge in [0.1, 0.15) is 0 Å². The van der Waals surface area contributed by atoms with E-state index in [-0.39, 0.29) is 5.91 Å². The molecule has 0 bridgehead atoms. The summed E-state index contributed by atoms with van der Waals surface area (Å²) in [7, 11) is 0. The van der Waals surface area contributed by atoms with Crippen LogP contribution < -0.4 is 11.2 Å². The summed E-state index contributed by atoms with van der Waals surface area (Å²) < 4.78 is 1.39. The van der Waals surface area contributed by atoms with Crippen molar-refractivity contribution >= 4 is 46.6 Å². The molecule has 3 N–H and O–H groups in total. The molecular formula is C13H15Cl2N5OS. The van der Waals surface area contributed by atoms with Gasteiger partial charge in [0.25, 0.3) is 0 Å². The molecule has 1 aromatic carbocycles. The highest BCUT2D eigenvalue weighted by molar-refractivity contribution is 8.00. The minimum Gasteiger partial charge on any atom is -0.336 e. The van der Waals surface area contributed by atoms with Gasteiger partial charge in [-0.25, -0.2) is 4.68 Å². The zero-order valence-corrected chi connectivity index (χ0v) is 14.3. The van der Waals surface area contributed by atoms with E-state index in [0.29, 0.717) is 33.1 Å². The first-order valence-electron chi connectivity index (χ1n) is 6.54. The lowest BCUT2D eigenvalue weighted by Crippen LogP contribution is -2.24.